The number of anilines is 2. The highest BCUT2D eigenvalue weighted by molar-refractivity contribution is 7.92. The Morgan fingerprint density at radius 1 is 1.00 bits per heavy atom. The van der Waals surface area contributed by atoms with E-state index in [1.165, 1.54) is 24.3 Å². The number of para-hydroxylation sites is 1. The molecule has 0 aliphatic rings. The van der Waals surface area contributed by atoms with E-state index in [1.54, 1.807) is 18.2 Å². The third-order valence-corrected chi connectivity index (χ3v) is 3.70. The number of rotatable bonds is 3. The Labute approximate surface area is 104 Å². The molecule has 0 heterocycles. The lowest BCUT2D eigenvalue weighted by Crippen LogP contribution is -2.15. The Kier molecular flexibility index (Phi) is 3.20. The van der Waals surface area contributed by atoms with Crippen LogP contribution >= 0.6 is 0 Å². The van der Waals surface area contributed by atoms with E-state index in [-0.39, 0.29) is 16.3 Å². The molecule has 2 aromatic rings. The monoisotopic (exact) mass is 266 g/mol. The average molecular weight is 266 g/mol. The summed E-state index contributed by atoms with van der Waals surface area (Å²) >= 11 is 0. The first-order valence-electron chi connectivity index (χ1n) is 5.12. The van der Waals surface area contributed by atoms with Crippen LogP contribution in [0.1, 0.15) is 0 Å². The van der Waals surface area contributed by atoms with Crippen molar-refractivity contribution in [3.63, 3.8) is 0 Å². The van der Waals surface area contributed by atoms with E-state index in [4.69, 9.17) is 5.73 Å². The molecular weight excluding hydrogens is 255 g/mol. The SMILES string of the molecule is Nc1cccc(F)c1NS(=O)(=O)c1ccccc1. The highest BCUT2D eigenvalue weighted by atomic mass is 32.2. The number of benzene rings is 2. The van der Waals surface area contributed by atoms with Gasteiger partial charge in [-0.15, -0.1) is 0 Å². The number of nitrogens with two attached hydrogens (primary N) is 1. The molecule has 4 nitrogen and oxygen atoms in total. The smallest absolute Gasteiger partial charge is 0.262 e. The Balaban J connectivity index is 2.41. The van der Waals surface area contributed by atoms with E-state index in [2.05, 4.69) is 4.72 Å². The van der Waals surface area contributed by atoms with Gasteiger partial charge in [-0.3, -0.25) is 4.72 Å². The van der Waals surface area contributed by atoms with Crippen LogP contribution in [-0.4, -0.2) is 8.42 Å². The molecule has 0 aliphatic heterocycles. The zero-order valence-corrected chi connectivity index (χ0v) is 10.1. The molecule has 0 amide bonds. The van der Waals surface area contributed by atoms with Crippen molar-refractivity contribution < 1.29 is 12.8 Å². The molecule has 0 atom stereocenters. The minimum absolute atomic E-state index is 0.0366. The van der Waals surface area contributed by atoms with E-state index in [1.807, 2.05) is 0 Å². The van der Waals surface area contributed by atoms with Crippen LogP contribution in [0.2, 0.25) is 0 Å². The summed E-state index contributed by atoms with van der Waals surface area (Å²) in [4.78, 5) is 0.0488. The molecule has 0 aliphatic carbocycles. The van der Waals surface area contributed by atoms with Gasteiger partial charge in [-0.25, -0.2) is 12.8 Å². The maximum Gasteiger partial charge on any atom is 0.262 e. The van der Waals surface area contributed by atoms with Crippen LogP contribution in [0.4, 0.5) is 15.8 Å². The normalized spacial score (nSPS) is 11.2. The average Bonchev–Trinajstić information content (AvgIpc) is 2.35. The van der Waals surface area contributed by atoms with Gasteiger partial charge in [0.25, 0.3) is 10.0 Å². The first-order chi connectivity index (χ1) is 8.50. The molecule has 0 aromatic heterocycles. The lowest BCUT2D eigenvalue weighted by molar-refractivity contribution is 0.598. The standard InChI is InChI=1S/C12H11FN2O2S/c13-10-7-4-8-11(14)12(10)15-18(16,17)9-5-2-1-3-6-9/h1-8,15H,14H2. The van der Waals surface area contributed by atoms with Crippen LogP contribution < -0.4 is 10.5 Å². The second-order valence-corrected chi connectivity index (χ2v) is 5.31. The minimum Gasteiger partial charge on any atom is -0.397 e. The lowest BCUT2D eigenvalue weighted by atomic mass is 10.3. The molecular formula is C12H11FN2O2S. The van der Waals surface area contributed by atoms with Crippen molar-refractivity contribution in [3.05, 3.63) is 54.3 Å². The summed E-state index contributed by atoms with van der Waals surface area (Å²) in [6.07, 6.45) is 0. The van der Waals surface area contributed by atoms with Crippen LogP contribution in [0.3, 0.4) is 0 Å². The number of sulfonamides is 1. The molecule has 3 N–H and O–H groups in total. The molecule has 0 unspecified atom stereocenters. The Hall–Kier alpha value is -2.08. The highest BCUT2D eigenvalue weighted by Gasteiger charge is 2.17. The van der Waals surface area contributed by atoms with Crippen molar-refractivity contribution in [3.8, 4) is 0 Å². The fourth-order valence-corrected chi connectivity index (χ4v) is 2.56. The summed E-state index contributed by atoms with van der Waals surface area (Å²) in [6, 6.07) is 11.7. The van der Waals surface area contributed by atoms with Crippen molar-refractivity contribution >= 4 is 21.4 Å². The third kappa shape index (κ3) is 2.43. The summed E-state index contributed by atoms with van der Waals surface area (Å²) in [5.74, 6) is -0.713. The summed E-state index contributed by atoms with van der Waals surface area (Å²) in [6.45, 7) is 0. The first kappa shape index (κ1) is 12.4. The van der Waals surface area contributed by atoms with Gasteiger partial charge in [-0.1, -0.05) is 24.3 Å². The summed E-state index contributed by atoms with van der Waals surface area (Å²) in [5.41, 5.74) is 5.34. The number of nitrogen functional groups attached to an aromatic ring is 1. The van der Waals surface area contributed by atoms with Crippen molar-refractivity contribution in [2.75, 3.05) is 10.5 Å². The Morgan fingerprint density at radius 2 is 1.67 bits per heavy atom. The zero-order chi connectivity index (χ0) is 13.2. The van der Waals surface area contributed by atoms with E-state index < -0.39 is 15.8 Å². The van der Waals surface area contributed by atoms with E-state index in [0.29, 0.717) is 0 Å². The number of hydrogen-bond donors (Lipinski definition) is 2. The first-order valence-corrected chi connectivity index (χ1v) is 6.61. The largest absolute Gasteiger partial charge is 0.397 e. The fraction of sp³-hybridized carbons (Fsp3) is 0. The molecule has 2 aromatic carbocycles. The molecule has 6 heteroatoms. The molecule has 0 bridgehead atoms. The van der Waals surface area contributed by atoms with Crippen LogP contribution in [-0.2, 0) is 10.0 Å². The van der Waals surface area contributed by atoms with Crippen LogP contribution in [0, 0.1) is 5.82 Å². The van der Waals surface area contributed by atoms with Gasteiger partial charge in [0, 0.05) is 0 Å². The molecule has 0 fully saturated rings. The molecule has 18 heavy (non-hydrogen) atoms. The van der Waals surface area contributed by atoms with Gasteiger partial charge in [0.2, 0.25) is 0 Å². The molecule has 0 radical (unpaired) electrons. The summed E-state index contributed by atoms with van der Waals surface area (Å²) < 4.78 is 39.6. The van der Waals surface area contributed by atoms with E-state index in [0.717, 1.165) is 6.07 Å². The van der Waals surface area contributed by atoms with Crippen LogP contribution in [0.5, 0.6) is 0 Å². The molecule has 0 spiro atoms. The van der Waals surface area contributed by atoms with Gasteiger partial charge in [-0.05, 0) is 24.3 Å². The van der Waals surface area contributed by atoms with Gasteiger partial charge in [-0.2, -0.15) is 0 Å². The van der Waals surface area contributed by atoms with Gasteiger partial charge >= 0.3 is 0 Å². The van der Waals surface area contributed by atoms with Gasteiger partial charge < -0.3 is 5.73 Å². The zero-order valence-electron chi connectivity index (χ0n) is 9.30. The van der Waals surface area contributed by atoms with E-state index in [9.17, 15) is 12.8 Å². The van der Waals surface area contributed by atoms with E-state index >= 15 is 0 Å². The quantitative estimate of drug-likeness (QED) is 0.837. The number of hydrogen-bond acceptors (Lipinski definition) is 3. The minimum atomic E-state index is -3.83. The lowest BCUT2D eigenvalue weighted by Gasteiger charge is -2.10. The Bertz CT molecular complexity index is 637. The summed E-state index contributed by atoms with van der Waals surface area (Å²) in [7, 11) is -3.83. The Morgan fingerprint density at radius 3 is 2.28 bits per heavy atom. The number of nitrogens with one attached hydrogen (secondary N) is 1. The highest BCUT2D eigenvalue weighted by Crippen LogP contribution is 2.24. The number of halogens is 1. The maximum absolute atomic E-state index is 13.5. The van der Waals surface area contributed by atoms with Crippen molar-refractivity contribution in [2.45, 2.75) is 4.90 Å². The summed E-state index contributed by atoms with van der Waals surface area (Å²) in [5, 5.41) is 0. The fourth-order valence-electron chi connectivity index (χ4n) is 1.44. The molecule has 2 rings (SSSR count). The van der Waals surface area contributed by atoms with Crippen molar-refractivity contribution in [2.24, 2.45) is 0 Å². The molecule has 0 saturated heterocycles. The van der Waals surface area contributed by atoms with Gasteiger partial charge in [0.15, 0.2) is 0 Å². The predicted octanol–water partition coefficient (Wildman–Crippen LogP) is 2.21. The van der Waals surface area contributed by atoms with Crippen molar-refractivity contribution in [1.29, 1.82) is 0 Å². The second kappa shape index (κ2) is 4.66. The third-order valence-electron chi connectivity index (χ3n) is 2.34. The topological polar surface area (TPSA) is 72.2 Å². The predicted molar refractivity (Wildman–Crippen MR) is 68.1 cm³/mol. The van der Waals surface area contributed by atoms with Crippen LogP contribution in [0.15, 0.2) is 53.4 Å². The van der Waals surface area contributed by atoms with Gasteiger partial charge in [0.05, 0.1) is 10.6 Å². The molecule has 0 saturated carbocycles. The van der Waals surface area contributed by atoms with Crippen LogP contribution in [0.25, 0.3) is 0 Å². The van der Waals surface area contributed by atoms with Gasteiger partial charge in [0.1, 0.15) is 11.5 Å². The second-order valence-electron chi connectivity index (χ2n) is 3.62. The maximum atomic E-state index is 13.5. The molecule has 94 valence electrons. The van der Waals surface area contributed by atoms with Crippen molar-refractivity contribution in [1.82, 2.24) is 0 Å².